The third kappa shape index (κ3) is 2.34. The average molecular weight is 332 g/mol. The molecule has 0 radical (unpaired) electrons. The molecule has 3 aromatic rings. The van der Waals surface area contributed by atoms with Crippen LogP contribution in [-0.4, -0.2) is 20.1 Å². The summed E-state index contributed by atoms with van der Waals surface area (Å²) in [5.74, 6) is 0. The van der Waals surface area contributed by atoms with E-state index in [2.05, 4.69) is 44.4 Å². The Kier molecular flexibility index (Phi) is 3.54. The number of hydrogen-bond acceptors (Lipinski definition) is 3. The van der Waals surface area contributed by atoms with Crippen LogP contribution in [0.2, 0.25) is 0 Å². The van der Waals surface area contributed by atoms with Gasteiger partial charge in [-0.1, -0.05) is 47.7 Å². The Labute approximate surface area is 125 Å². The van der Waals surface area contributed by atoms with Gasteiger partial charge in [0, 0.05) is 13.5 Å². The molecule has 0 bridgehead atoms. The Balaban J connectivity index is 1.97. The minimum absolute atomic E-state index is 0.529. The van der Waals surface area contributed by atoms with Crippen LogP contribution < -0.4 is 0 Å². The normalized spacial score (nSPS) is 12.8. The van der Waals surface area contributed by atoms with Gasteiger partial charge in [-0.15, -0.1) is 5.10 Å². The summed E-state index contributed by atoms with van der Waals surface area (Å²) in [6.45, 7) is 0. The van der Waals surface area contributed by atoms with E-state index in [1.165, 1.54) is 10.8 Å². The Morgan fingerprint density at radius 3 is 2.70 bits per heavy atom. The van der Waals surface area contributed by atoms with Crippen LogP contribution in [-0.2, 0) is 13.5 Å². The van der Waals surface area contributed by atoms with Crippen molar-refractivity contribution in [3.8, 4) is 0 Å². The van der Waals surface area contributed by atoms with Crippen LogP contribution in [0.3, 0.4) is 0 Å². The SMILES string of the molecule is Cn1nnc(Br)c1C(O)Cc1cccc2ccccc12. The maximum atomic E-state index is 10.5. The first-order valence-electron chi connectivity index (χ1n) is 6.36. The molecule has 1 heterocycles. The molecule has 1 atom stereocenters. The molecule has 0 spiro atoms. The number of fused-ring (bicyclic) bond motifs is 1. The van der Waals surface area contributed by atoms with Crippen molar-refractivity contribution in [2.75, 3.05) is 0 Å². The average Bonchev–Trinajstić information content (AvgIpc) is 2.78. The third-order valence-corrected chi connectivity index (χ3v) is 4.00. The van der Waals surface area contributed by atoms with Crippen molar-refractivity contribution >= 4 is 26.7 Å². The topological polar surface area (TPSA) is 50.9 Å². The van der Waals surface area contributed by atoms with Gasteiger partial charge in [-0.05, 0) is 32.3 Å². The fourth-order valence-electron chi connectivity index (χ4n) is 2.47. The van der Waals surface area contributed by atoms with Crippen molar-refractivity contribution in [3.05, 3.63) is 58.3 Å². The molecular weight excluding hydrogens is 318 g/mol. The van der Waals surface area contributed by atoms with Crippen LogP contribution in [0.1, 0.15) is 17.4 Å². The van der Waals surface area contributed by atoms with Crippen LogP contribution in [0.4, 0.5) is 0 Å². The second kappa shape index (κ2) is 5.34. The first-order chi connectivity index (χ1) is 9.66. The largest absolute Gasteiger partial charge is 0.386 e. The molecule has 0 fully saturated rings. The molecule has 0 aliphatic rings. The van der Waals surface area contributed by atoms with Gasteiger partial charge in [0.2, 0.25) is 0 Å². The maximum absolute atomic E-state index is 10.5. The van der Waals surface area contributed by atoms with Crippen molar-refractivity contribution in [3.63, 3.8) is 0 Å². The molecule has 1 unspecified atom stereocenters. The monoisotopic (exact) mass is 331 g/mol. The van der Waals surface area contributed by atoms with Crippen LogP contribution in [0, 0.1) is 0 Å². The van der Waals surface area contributed by atoms with Gasteiger partial charge < -0.3 is 5.11 Å². The smallest absolute Gasteiger partial charge is 0.154 e. The zero-order valence-electron chi connectivity index (χ0n) is 11.0. The van der Waals surface area contributed by atoms with Gasteiger partial charge in [0.25, 0.3) is 0 Å². The first-order valence-corrected chi connectivity index (χ1v) is 7.16. The number of aromatic nitrogens is 3. The molecule has 1 aromatic heterocycles. The van der Waals surface area contributed by atoms with Crippen LogP contribution in [0.25, 0.3) is 10.8 Å². The molecule has 0 aliphatic heterocycles. The molecule has 0 saturated carbocycles. The van der Waals surface area contributed by atoms with Gasteiger partial charge in [-0.25, -0.2) is 4.68 Å². The summed E-state index contributed by atoms with van der Waals surface area (Å²) in [6.07, 6.45) is -0.114. The van der Waals surface area contributed by atoms with Crippen molar-refractivity contribution in [2.45, 2.75) is 12.5 Å². The summed E-state index contributed by atoms with van der Waals surface area (Å²) in [7, 11) is 1.78. The molecule has 3 rings (SSSR count). The Morgan fingerprint density at radius 1 is 1.20 bits per heavy atom. The summed E-state index contributed by atoms with van der Waals surface area (Å²) in [5, 5.41) is 20.6. The molecule has 2 aromatic carbocycles. The van der Waals surface area contributed by atoms with Gasteiger partial charge in [-0.2, -0.15) is 0 Å². The summed E-state index contributed by atoms with van der Waals surface area (Å²) in [6, 6.07) is 14.3. The van der Waals surface area contributed by atoms with Crippen molar-refractivity contribution in [2.24, 2.45) is 7.05 Å². The van der Waals surface area contributed by atoms with Crippen molar-refractivity contribution in [1.82, 2.24) is 15.0 Å². The van der Waals surface area contributed by atoms with E-state index < -0.39 is 6.10 Å². The number of aliphatic hydroxyl groups excluding tert-OH is 1. The minimum atomic E-state index is -0.643. The summed E-state index contributed by atoms with van der Waals surface area (Å²) < 4.78 is 2.19. The highest BCUT2D eigenvalue weighted by Gasteiger charge is 2.18. The molecule has 20 heavy (non-hydrogen) atoms. The van der Waals surface area contributed by atoms with Gasteiger partial charge in [0.1, 0.15) is 11.8 Å². The van der Waals surface area contributed by atoms with Crippen LogP contribution in [0.15, 0.2) is 47.1 Å². The zero-order valence-corrected chi connectivity index (χ0v) is 12.6. The van der Waals surface area contributed by atoms with E-state index in [1.54, 1.807) is 11.7 Å². The van der Waals surface area contributed by atoms with Gasteiger partial charge in [0.15, 0.2) is 4.60 Å². The van der Waals surface area contributed by atoms with Crippen LogP contribution >= 0.6 is 15.9 Å². The first kappa shape index (κ1) is 13.3. The number of nitrogens with zero attached hydrogens (tertiary/aromatic N) is 3. The molecule has 0 aliphatic carbocycles. The summed E-state index contributed by atoms with van der Waals surface area (Å²) in [5.41, 5.74) is 1.81. The van der Waals surface area contributed by atoms with Gasteiger partial charge in [0.05, 0.1) is 0 Å². The predicted octanol–water partition coefficient (Wildman–Crippen LogP) is 3.01. The highest BCUT2D eigenvalue weighted by Crippen LogP contribution is 2.27. The number of halogens is 1. The number of rotatable bonds is 3. The molecule has 0 saturated heterocycles. The number of hydrogen-bond donors (Lipinski definition) is 1. The quantitative estimate of drug-likeness (QED) is 0.802. The zero-order chi connectivity index (χ0) is 14.1. The number of aryl methyl sites for hydroxylation is 1. The number of benzene rings is 2. The molecule has 1 N–H and O–H groups in total. The minimum Gasteiger partial charge on any atom is -0.386 e. The molecule has 102 valence electrons. The van der Waals surface area contributed by atoms with E-state index in [1.807, 2.05) is 24.3 Å². The van der Waals surface area contributed by atoms with E-state index in [4.69, 9.17) is 0 Å². The van der Waals surface area contributed by atoms with Crippen molar-refractivity contribution < 1.29 is 5.11 Å². The lowest BCUT2D eigenvalue weighted by Gasteiger charge is -2.13. The fraction of sp³-hybridized carbons (Fsp3) is 0.200. The predicted molar refractivity (Wildman–Crippen MR) is 81.3 cm³/mol. The molecule has 0 amide bonds. The standard InChI is InChI=1S/C15H14BrN3O/c1-19-14(15(16)17-18-19)13(20)9-11-7-4-6-10-5-2-3-8-12(10)11/h2-8,13,20H,9H2,1H3. The second-order valence-corrected chi connectivity index (χ2v) is 5.50. The molecule has 4 nitrogen and oxygen atoms in total. The highest BCUT2D eigenvalue weighted by atomic mass is 79.9. The van der Waals surface area contributed by atoms with E-state index >= 15 is 0 Å². The third-order valence-electron chi connectivity index (χ3n) is 3.44. The maximum Gasteiger partial charge on any atom is 0.154 e. The number of aliphatic hydroxyl groups is 1. The summed E-state index contributed by atoms with van der Waals surface area (Å²) in [4.78, 5) is 0. The van der Waals surface area contributed by atoms with Gasteiger partial charge in [-0.3, -0.25) is 0 Å². The second-order valence-electron chi connectivity index (χ2n) is 4.75. The van der Waals surface area contributed by atoms with Crippen LogP contribution in [0.5, 0.6) is 0 Å². The fourth-order valence-corrected chi connectivity index (χ4v) is 3.06. The Hall–Kier alpha value is -1.72. The molecular formula is C15H14BrN3O. The lowest BCUT2D eigenvalue weighted by Crippen LogP contribution is -2.08. The van der Waals surface area contributed by atoms with E-state index in [0.717, 1.165) is 5.56 Å². The highest BCUT2D eigenvalue weighted by molar-refractivity contribution is 9.10. The lowest BCUT2D eigenvalue weighted by atomic mass is 9.99. The van der Waals surface area contributed by atoms with Crippen molar-refractivity contribution in [1.29, 1.82) is 0 Å². The van der Waals surface area contributed by atoms with E-state index in [0.29, 0.717) is 16.7 Å². The van der Waals surface area contributed by atoms with Gasteiger partial charge >= 0.3 is 0 Å². The Morgan fingerprint density at radius 2 is 1.95 bits per heavy atom. The Bertz CT molecular complexity index is 729. The van der Waals surface area contributed by atoms with E-state index in [-0.39, 0.29) is 0 Å². The molecule has 5 heteroatoms. The van der Waals surface area contributed by atoms with E-state index in [9.17, 15) is 5.11 Å². The summed E-state index contributed by atoms with van der Waals surface area (Å²) >= 11 is 3.33. The lowest BCUT2D eigenvalue weighted by molar-refractivity contribution is 0.168.